The van der Waals surface area contributed by atoms with Gasteiger partial charge in [0, 0.05) is 24.2 Å². The molecule has 0 aliphatic carbocycles. The molecule has 3 N–H and O–H groups in total. The third kappa shape index (κ3) is 5.63. The summed E-state index contributed by atoms with van der Waals surface area (Å²) in [6, 6.07) is 12.5. The standard InChI is InChI=1S/C23H23N3O5S/c27-22(28)14-30-17-5-3-15(4-6-17)19(31-18-2-1-8-24-12-18)13-26-23(29)21-10-16-11-25-9-7-20(16)32-21/h1-6,8,10,12,19,25H,7,9,11,13-14H2,(H,26,29)(H,27,28). The van der Waals surface area contributed by atoms with Crippen LogP contribution in [0, 0.1) is 0 Å². The summed E-state index contributed by atoms with van der Waals surface area (Å²) in [4.78, 5) is 29.5. The molecule has 166 valence electrons. The highest BCUT2D eigenvalue weighted by atomic mass is 32.1. The van der Waals surface area contributed by atoms with Crippen molar-refractivity contribution in [1.29, 1.82) is 0 Å². The smallest absolute Gasteiger partial charge is 0.341 e. The summed E-state index contributed by atoms with van der Waals surface area (Å²) >= 11 is 1.54. The number of fused-ring (bicyclic) bond motifs is 1. The van der Waals surface area contributed by atoms with E-state index < -0.39 is 18.7 Å². The highest BCUT2D eigenvalue weighted by molar-refractivity contribution is 7.14. The van der Waals surface area contributed by atoms with Crippen LogP contribution in [-0.2, 0) is 17.8 Å². The summed E-state index contributed by atoms with van der Waals surface area (Å²) in [5.74, 6) is -0.153. The fraction of sp³-hybridized carbons (Fsp3) is 0.261. The molecule has 4 rings (SSSR count). The first-order valence-electron chi connectivity index (χ1n) is 10.2. The number of thiophene rings is 1. The zero-order chi connectivity index (χ0) is 22.3. The molecule has 3 aromatic rings. The average Bonchev–Trinajstić information content (AvgIpc) is 3.26. The number of amides is 1. The van der Waals surface area contributed by atoms with Crippen LogP contribution in [0.2, 0.25) is 0 Å². The molecule has 32 heavy (non-hydrogen) atoms. The quantitative estimate of drug-likeness (QED) is 0.457. The summed E-state index contributed by atoms with van der Waals surface area (Å²) in [6.45, 7) is 1.57. The molecule has 8 nitrogen and oxygen atoms in total. The van der Waals surface area contributed by atoms with Gasteiger partial charge in [-0.1, -0.05) is 12.1 Å². The Morgan fingerprint density at radius 3 is 2.78 bits per heavy atom. The van der Waals surface area contributed by atoms with Gasteiger partial charge in [-0.3, -0.25) is 9.78 Å². The Bertz CT molecular complexity index is 1050. The monoisotopic (exact) mass is 453 g/mol. The molecule has 1 amide bonds. The van der Waals surface area contributed by atoms with Crippen LogP contribution in [-0.4, -0.2) is 41.7 Å². The van der Waals surface area contributed by atoms with Crippen LogP contribution in [0.3, 0.4) is 0 Å². The second-order valence-corrected chi connectivity index (χ2v) is 8.38. The molecule has 0 bridgehead atoms. The van der Waals surface area contributed by atoms with E-state index in [0.29, 0.717) is 16.4 Å². The Hall–Kier alpha value is -3.43. The van der Waals surface area contributed by atoms with Gasteiger partial charge in [0.15, 0.2) is 6.61 Å². The maximum absolute atomic E-state index is 12.8. The minimum atomic E-state index is -1.04. The number of carbonyl (C=O) groups is 2. The predicted molar refractivity (Wildman–Crippen MR) is 119 cm³/mol. The average molecular weight is 454 g/mol. The number of hydrogen-bond donors (Lipinski definition) is 3. The Labute approximate surface area is 189 Å². The zero-order valence-electron chi connectivity index (χ0n) is 17.2. The molecular weight excluding hydrogens is 430 g/mol. The number of nitrogens with zero attached hydrogens (tertiary/aromatic N) is 1. The Kier molecular flexibility index (Phi) is 6.98. The first-order valence-corrected chi connectivity index (χ1v) is 11.0. The second kappa shape index (κ2) is 10.3. The van der Waals surface area contributed by atoms with Gasteiger partial charge in [0.1, 0.15) is 17.6 Å². The summed E-state index contributed by atoms with van der Waals surface area (Å²) in [5, 5.41) is 15.1. The lowest BCUT2D eigenvalue weighted by Gasteiger charge is -2.20. The Balaban J connectivity index is 1.46. The molecule has 0 fully saturated rings. The molecule has 1 unspecified atom stereocenters. The van der Waals surface area contributed by atoms with Crippen molar-refractivity contribution >= 4 is 23.2 Å². The third-order valence-electron chi connectivity index (χ3n) is 4.94. The number of hydrogen-bond acceptors (Lipinski definition) is 7. The highest BCUT2D eigenvalue weighted by Gasteiger charge is 2.20. The first kappa shape index (κ1) is 21.8. The van der Waals surface area contributed by atoms with Crippen LogP contribution < -0.4 is 20.1 Å². The Morgan fingerprint density at radius 1 is 1.22 bits per heavy atom. The topological polar surface area (TPSA) is 110 Å². The number of benzene rings is 1. The van der Waals surface area contributed by atoms with Gasteiger partial charge >= 0.3 is 5.97 Å². The summed E-state index contributed by atoms with van der Waals surface area (Å²) in [5.41, 5.74) is 2.00. The van der Waals surface area contributed by atoms with Gasteiger partial charge in [-0.25, -0.2) is 4.79 Å². The molecule has 2 aromatic heterocycles. The molecule has 0 spiro atoms. The number of nitrogens with one attached hydrogen (secondary N) is 2. The minimum Gasteiger partial charge on any atom is -0.482 e. The largest absolute Gasteiger partial charge is 0.482 e. The number of carboxylic acid groups (broad SMARTS) is 1. The van der Waals surface area contributed by atoms with Crippen molar-refractivity contribution in [3.63, 3.8) is 0 Å². The maximum Gasteiger partial charge on any atom is 0.341 e. The number of aliphatic carboxylic acids is 1. The van der Waals surface area contributed by atoms with Crippen molar-refractivity contribution in [3.05, 3.63) is 75.7 Å². The summed E-state index contributed by atoms with van der Waals surface area (Å²) < 4.78 is 11.3. The number of carboxylic acids is 1. The minimum absolute atomic E-state index is 0.134. The number of pyridine rings is 1. The van der Waals surface area contributed by atoms with Gasteiger partial charge < -0.3 is 25.2 Å². The van der Waals surface area contributed by atoms with Gasteiger partial charge in [-0.2, -0.15) is 0 Å². The second-order valence-electron chi connectivity index (χ2n) is 7.24. The lowest BCUT2D eigenvalue weighted by Crippen LogP contribution is -2.30. The van der Waals surface area contributed by atoms with Crippen LogP contribution in [0.15, 0.2) is 54.9 Å². The maximum atomic E-state index is 12.8. The molecule has 3 heterocycles. The van der Waals surface area contributed by atoms with E-state index in [1.807, 2.05) is 6.07 Å². The van der Waals surface area contributed by atoms with Crippen molar-refractivity contribution in [1.82, 2.24) is 15.6 Å². The SMILES string of the molecule is O=C(O)COc1ccc(C(CNC(=O)c2cc3c(s2)CCNC3)Oc2cccnc2)cc1. The lowest BCUT2D eigenvalue weighted by molar-refractivity contribution is -0.139. The van der Waals surface area contributed by atoms with Crippen LogP contribution in [0.25, 0.3) is 0 Å². The lowest BCUT2D eigenvalue weighted by atomic mass is 10.1. The Morgan fingerprint density at radius 2 is 2.06 bits per heavy atom. The van der Waals surface area contributed by atoms with E-state index in [9.17, 15) is 9.59 Å². The first-order chi connectivity index (χ1) is 15.6. The zero-order valence-corrected chi connectivity index (χ0v) is 18.1. The van der Waals surface area contributed by atoms with Crippen molar-refractivity contribution in [2.45, 2.75) is 19.1 Å². The van der Waals surface area contributed by atoms with E-state index in [1.165, 1.54) is 21.8 Å². The van der Waals surface area contributed by atoms with Gasteiger partial charge in [0.25, 0.3) is 5.91 Å². The van der Waals surface area contributed by atoms with Crippen molar-refractivity contribution in [2.24, 2.45) is 0 Å². The van der Waals surface area contributed by atoms with Crippen molar-refractivity contribution in [3.8, 4) is 11.5 Å². The number of aromatic nitrogens is 1. The van der Waals surface area contributed by atoms with E-state index in [-0.39, 0.29) is 12.5 Å². The molecule has 0 saturated heterocycles. The number of carbonyl (C=O) groups excluding carboxylic acids is 1. The van der Waals surface area contributed by atoms with E-state index in [1.54, 1.807) is 48.8 Å². The highest BCUT2D eigenvalue weighted by Crippen LogP contribution is 2.26. The molecule has 0 saturated carbocycles. The third-order valence-corrected chi connectivity index (χ3v) is 6.18. The van der Waals surface area contributed by atoms with Crippen LogP contribution in [0.5, 0.6) is 11.5 Å². The van der Waals surface area contributed by atoms with E-state index >= 15 is 0 Å². The molecule has 1 aliphatic heterocycles. The van der Waals surface area contributed by atoms with Gasteiger partial charge in [-0.15, -0.1) is 11.3 Å². The number of rotatable bonds is 9. The molecule has 1 aromatic carbocycles. The van der Waals surface area contributed by atoms with Crippen LogP contribution in [0.1, 0.15) is 31.8 Å². The van der Waals surface area contributed by atoms with E-state index in [2.05, 4.69) is 15.6 Å². The van der Waals surface area contributed by atoms with Crippen LogP contribution in [0.4, 0.5) is 0 Å². The predicted octanol–water partition coefficient (Wildman–Crippen LogP) is 2.80. The van der Waals surface area contributed by atoms with Crippen LogP contribution >= 0.6 is 11.3 Å². The molecule has 1 atom stereocenters. The van der Waals surface area contributed by atoms with Gasteiger partial charge in [0.05, 0.1) is 17.6 Å². The van der Waals surface area contributed by atoms with E-state index in [0.717, 1.165) is 25.1 Å². The van der Waals surface area contributed by atoms with Gasteiger partial charge in [-0.05, 0) is 47.9 Å². The molecule has 1 aliphatic rings. The normalized spacial score (nSPS) is 13.6. The van der Waals surface area contributed by atoms with Crippen molar-refractivity contribution < 1.29 is 24.2 Å². The summed E-state index contributed by atoms with van der Waals surface area (Å²) in [7, 11) is 0. The number of ether oxygens (including phenoxy) is 2. The summed E-state index contributed by atoms with van der Waals surface area (Å²) in [6.07, 6.45) is 3.74. The van der Waals surface area contributed by atoms with E-state index in [4.69, 9.17) is 14.6 Å². The fourth-order valence-electron chi connectivity index (χ4n) is 3.37. The van der Waals surface area contributed by atoms with Crippen molar-refractivity contribution in [2.75, 3.05) is 19.7 Å². The molecular formula is C23H23N3O5S. The molecule has 9 heteroatoms. The fourth-order valence-corrected chi connectivity index (χ4v) is 4.47. The van der Waals surface area contributed by atoms with Gasteiger partial charge in [0.2, 0.25) is 0 Å². The molecule has 0 radical (unpaired) electrons.